The van der Waals surface area contributed by atoms with Gasteiger partial charge in [-0.15, -0.1) is 0 Å². The number of fused-ring (bicyclic) bond motifs is 1. The number of anilines is 2. The minimum atomic E-state index is -4.11. The Morgan fingerprint density at radius 2 is 1.81 bits per heavy atom. The van der Waals surface area contributed by atoms with E-state index in [1.807, 2.05) is 18.7 Å². The Balaban J connectivity index is 1.76. The monoisotopic (exact) mass is 455 g/mol. The van der Waals surface area contributed by atoms with Crippen LogP contribution in [0.2, 0.25) is 0 Å². The van der Waals surface area contributed by atoms with E-state index in [1.165, 1.54) is 11.0 Å². The molecule has 2 aromatic rings. The summed E-state index contributed by atoms with van der Waals surface area (Å²) in [6, 6.07) is 10.9. The Hall–Kier alpha value is -2.87. The lowest BCUT2D eigenvalue weighted by Crippen LogP contribution is -2.55. The highest BCUT2D eigenvalue weighted by molar-refractivity contribution is 7.94. The first-order valence-corrected chi connectivity index (χ1v) is 12.5. The molecule has 32 heavy (non-hydrogen) atoms. The minimum Gasteiger partial charge on any atom is -0.338 e. The molecule has 1 fully saturated rings. The van der Waals surface area contributed by atoms with Gasteiger partial charge in [0.15, 0.2) is 0 Å². The number of carbonyl (C=O) groups is 2. The van der Waals surface area contributed by atoms with Gasteiger partial charge >= 0.3 is 6.03 Å². The van der Waals surface area contributed by atoms with Gasteiger partial charge in [-0.1, -0.05) is 25.1 Å². The average molecular weight is 456 g/mol. The average Bonchev–Trinajstić information content (AvgIpc) is 2.78. The number of sulfonamides is 1. The number of likely N-dealkylation sites (tertiary alicyclic amines) is 1. The van der Waals surface area contributed by atoms with Crippen molar-refractivity contribution in [1.29, 1.82) is 0 Å². The van der Waals surface area contributed by atoms with Crippen LogP contribution < -0.4 is 9.21 Å². The molecule has 2 heterocycles. The molecule has 170 valence electrons. The van der Waals surface area contributed by atoms with Gasteiger partial charge in [0.05, 0.1) is 11.4 Å². The van der Waals surface area contributed by atoms with Gasteiger partial charge in [0.2, 0.25) is 5.91 Å². The lowest BCUT2D eigenvalue weighted by molar-refractivity contribution is -0.133. The van der Waals surface area contributed by atoms with Crippen LogP contribution in [-0.2, 0) is 14.8 Å². The molecular formula is C24H29N3O4S. The van der Waals surface area contributed by atoms with Crippen LogP contribution >= 0.6 is 0 Å². The third kappa shape index (κ3) is 3.77. The third-order valence-corrected chi connectivity index (χ3v) is 8.26. The van der Waals surface area contributed by atoms with Gasteiger partial charge < -0.3 is 4.90 Å². The summed E-state index contributed by atoms with van der Waals surface area (Å²) in [4.78, 5) is 30.0. The van der Waals surface area contributed by atoms with Gasteiger partial charge in [-0.05, 0) is 74.9 Å². The molecule has 0 aliphatic carbocycles. The number of hydrogen-bond acceptors (Lipinski definition) is 4. The second-order valence-corrected chi connectivity index (χ2v) is 10.3. The predicted octanol–water partition coefficient (Wildman–Crippen LogP) is 4.23. The first-order valence-electron chi connectivity index (χ1n) is 11.1. The van der Waals surface area contributed by atoms with Crippen molar-refractivity contribution >= 4 is 33.3 Å². The van der Waals surface area contributed by atoms with Crippen molar-refractivity contribution in [3.63, 3.8) is 0 Å². The smallest absolute Gasteiger partial charge is 0.338 e. The van der Waals surface area contributed by atoms with Crippen LogP contribution in [-0.4, -0.2) is 44.4 Å². The van der Waals surface area contributed by atoms with Crippen LogP contribution in [0.4, 0.5) is 16.2 Å². The molecule has 0 spiro atoms. The Morgan fingerprint density at radius 1 is 1.06 bits per heavy atom. The SMILES string of the molecule is CC[C@@H]1CCCCN1C(=O)CN1C(=O)N(c2ccc(C)c(C)c2)S(=O)(=O)c2ccccc21. The topological polar surface area (TPSA) is 78.0 Å². The summed E-state index contributed by atoms with van der Waals surface area (Å²) in [5.41, 5.74) is 2.40. The third-order valence-electron chi connectivity index (χ3n) is 6.52. The molecule has 2 aliphatic heterocycles. The Labute approximate surface area is 189 Å². The number of para-hydroxylation sites is 1. The maximum atomic E-state index is 13.6. The standard InChI is InChI=1S/C24H29N3O4S/c1-4-19-9-7-8-14-25(19)23(28)16-26-21-10-5-6-11-22(21)32(30,31)27(24(26)29)20-13-12-17(2)18(3)15-20/h5-6,10-13,15,19H,4,7-9,14,16H2,1-3H3/t19-/m1/s1. The molecule has 0 bridgehead atoms. The summed E-state index contributed by atoms with van der Waals surface area (Å²) in [7, 11) is -4.11. The van der Waals surface area contributed by atoms with E-state index < -0.39 is 16.1 Å². The lowest BCUT2D eigenvalue weighted by atomic mass is 10.00. The number of urea groups is 1. The van der Waals surface area contributed by atoms with Gasteiger partial charge in [0.1, 0.15) is 11.4 Å². The summed E-state index contributed by atoms with van der Waals surface area (Å²) < 4.78 is 27.7. The fourth-order valence-corrected chi connectivity index (χ4v) is 6.13. The molecule has 0 saturated carbocycles. The van der Waals surface area contributed by atoms with Crippen LogP contribution in [0.15, 0.2) is 47.4 Å². The Morgan fingerprint density at radius 3 is 2.53 bits per heavy atom. The zero-order valence-electron chi connectivity index (χ0n) is 18.7. The van der Waals surface area contributed by atoms with Gasteiger partial charge in [0, 0.05) is 12.6 Å². The van der Waals surface area contributed by atoms with Gasteiger partial charge in [0.25, 0.3) is 10.0 Å². The second-order valence-electron chi connectivity index (χ2n) is 8.52. The zero-order valence-corrected chi connectivity index (χ0v) is 19.6. The number of hydrogen-bond donors (Lipinski definition) is 0. The maximum Gasteiger partial charge on any atom is 0.343 e. The number of rotatable bonds is 4. The highest BCUT2D eigenvalue weighted by Gasteiger charge is 2.43. The number of nitrogens with zero attached hydrogens (tertiary/aromatic N) is 3. The minimum absolute atomic E-state index is 0.0244. The Bertz CT molecular complexity index is 1160. The quantitative estimate of drug-likeness (QED) is 0.691. The van der Waals surface area contributed by atoms with E-state index in [9.17, 15) is 18.0 Å². The molecule has 7 nitrogen and oxygen atoms in total. The molecule has 1 saturated heterocycles. The molecule has 0 unspecified atom stereocenters. The number of aryl methyl sites for hydroxylation is 2. The summed E-state index contributed by atoms with van der Waals surface area (Å²) in [5, 5.41) is 0. The van der Waals surface area contributed by atoms with Crippen molar-refractivity contribution < 1.29 is 18.0 Å². The fourth-order valence-electron chi connectivity index (χ4n) is 4.55. The van der Waals surface area contributed by atoms with E-state index in [1.54, 1.807) is 36.4 Å². The number of carbonyl (C=O) groups excluding carboxylic acids is 2. The van der Waals surface area contributed by atoms with E-state index in [0.717, 1.165) is 41.1 Å². The van der Waals surface area contributed by atoms with E-state index in [-0.39, 0.29) is 34.8 Å². The van der Waals surface area contributed by atoms with Gasteiger partial charge in [-0.3, -0.25) is 9.69 Å². The largest absolute Gasteiger partial charge is 0.343 e. The van der Waals surface area contributed by atoms with E-state index in [4.69, 9.17) is 0 Å². The highest BCUT2D eigenvalue weighted by Crippen LogP contribution is 2.37. The molecule has 0 N–H and O–H groups in total. The van der Waals surface area contributed by atoms with Gasteiger partial charge in [-0.25, -0.2) is 13.2 Å². The van der Waals surface area contributed by atoms with Crippen molar-refractivity contribution in [2.45, 2.75) is 57.4 Å². The van der Waals surface area contributed by atoms with Crippen LogP contribution in [0.5, 0.6) is 0 Å². The predicted molar refractivity (Wildman–Crippen MR) is 124 cm³/mol. The second kappa shape index (κ2) is 8.58. The molecule has 2 aliphatic rings. The molecule has 0 radical (unpaired) electrons. The molecule has 2 aromatic carbocycles. The molecule has 1 atom stereocenters. The summed E-state index contributed by atoms with van der Waals surface area (Å²) in [6.45, 7) is 6.33. The van der Waals surface area contributed by atoms with Crippen molar-refractivity contribution in [3.8, 4) is 0 Å². The van der Waals surface area contributed by atoms with Gasteiger partial charge in [-0.2, -0.15) is 4.31 Å². The van der Waals surface area contributed by atoms with Crippen molar-refractivity contribution in [2.24, 2.45) is 0 Å². The highest BCUT2D eigenvalue weighted by atomic mass is 32.2. The first-order chi connectivity index (χ1) is 15.3. The molecule has 8 heteroatoms. The summed E-state index contributed by atoms with van der Waals surface area (Å²) in [5.74, 6) is -0.154. The van der Waals surface area contributed by atoms with E-state index in [0.29, 0.717) is 6.54 Å². The number of piperidine rings is 1. The number of benzene rings is 2. The van der Waals surface area contributed by atoms with Crippen LogP contribution in [0.3, 0.4) is 0 Å². The van der Waals surface area contributed by atoms with Crippen molar-refractivity contribution in [3.05, 3.63) is 53.6 Å². The summed E-state index contributed by atoms with van der Waals surface area (Å²) in [6.07, 6.45) is 3.85. The molecule has 0 aromatic heterocycles. The van der Waals surface area contributed by atoms with Crippen LogP contribution in [0.25, 0.3) is 0 Å². The summed E-state index contributed by atoms with van der Waals surface area (Å²) >= 11 is 0. The van der Waals surface area contributed by atoms with E-state index in [2.05, 4.69) is 6.92 Å². The fraction of sp³-hybridized carbons (Fsp3) is 0.417. The van der Waals surface area contributed by atoms with Crippen LogP contribution in [0, 0.1) is 13.8 Å². The van der Waals surface area contributed by atoms with E-state index >= 15 is 0 Å². The first kappa shape index (κ1) is 22.3. The normalized spacial score (nSPS) is 20.3. The van der Waals surface area contributed by atoms with Crippen molar-refractivity contribution in [2.75, 3.05) is 22.3 Å². The lowest BCUT2D eigenvalue weighted by Gasteiger charge is -2.39. The van der Waals surface area contributed by atoms with Crippen LogP contribution in [0.1, 0.15) is 43.7 Å². The molecular weight excluding hydrogens is 426 g/mol. The molecule has 4 rings (SSSR count). The maximum absolute atomic E-state index is 13.6. The van der Waals surface area contributed by atoms with Crippen molar-refractivity contribution in [1.82, 2.24) is 4.90 Å². The number of amides is 3. The zero-order chi connectivity index (χ0) is 23.0. The molecule has 3 amide bonds. The Kier molecular flexibility index (Phi) is 5.99.